The monoisotopic (exact) mass is 336 g/mol. The largest absolute Gasteiger partial charge is 0.483 e. The van der Waals surface area contributed by atoms with E-state index in [-0.39, 0.29) is 44.3 Å². The molecule has 4 saturated carbocycles. The van der Waals surface area contributed by atoms with E-state index >= 15 is 0 Å². The van der Waals surface area contributed by atoms with E-state index in [1.165, 1.54) is 32.1 Å². The van der Waals surface area contributed by atoms with Gasteiger partial charge in [0.25, 0.3) is 0 Å². The van der Waals surface area contributed by atoms with Gasteiger partial charge in [0.05, 0.1) is 0 Å². The van der Waals surface area contributed by atoms with Crippen LogP contribution < -0.4 is 0 Å². The van der Waals surface area contributed by atoms with Crippen molar-refractivity contribution < 1.29 is 42.2 Å². The van der Waals surface area contributed by atoms with Gasteiger partial charge in [-0.05, 0) is 61.7 Å². The Kier molecular flexibility index (Phi) is 4.63. The molecule has 0 aromatic rings. The van der Waals surface area contributed by atoms with Gasteiger partial charge in [-0.15, -0.1) is 0 Å². The van der Waals surface area contributed by atoms with Gasteiger partial charge in [0.15, 0.2) is 0 Å². The molecule has 4 bridgehead atoms. The predicted molar refractivity (Wildman–Crippen MR) is 69.6 cm³/mol. The van der Waals surface area contributed by atoms with Crippen LogP contribution in [0.2, 0.25) is 0 Å². The van der Waals surface area contributed by atoms with Crippen molar-refractivity contribution in [3.63, 3.8) is 0 Å². The Morgan fingerprint density at radius 1 is 1.16 bits per heavy atom. The van der Waals surface area contributed by atoms with Crippen molar-refractivity contribution in [3.05, 3.63) is 12.7 Å². The first-order valence-corrected chi connectivity index (χ1v) is 7.32. The molecule has 4 aliphatic rings. The molecule has 0 amide bonds. The molecule has 4 fully saturated rings. The van der Waals surface area contributed by atoms with E-state index in [1.807, 2.05) is 0 Å². The van der Waals surface area contributed by atoms with Gasteiger partial charge in [-0.3, -0.25) is 11.4 Å². The third kappa shape index (κ3) is 2.37. The molecule has 103 valence electrons. The van der Waals surface area contributed by atoms with Crippen molar-refractivity contribution in [3.8, 4) is 0 Å². The van der Waals surface area contributed by atoms with Gasteiger partial charge in [-0.25, -0.2) is 0 Å². The van der Waals surface area contributed by atoms with E-state index in [9.17, 15) is 4.79 Å². The topological polar surface area (TPSA) is 26.3 Å². The normalized spacial score (nSPS) is 42.9. The van der Waals surface area contributed by atoms with E-state index < -0.39 is 0 Å². The molecule has 0 saturated heterocycles. The minimum atomic E-state index is -0.351. The van der Waals surface area contributed by atoms with Crippen LogP contribution in [0.1, 0.15) is 46.0 Å². The number of ether oxygens (including phenoxy) is 1. The summed E-state index contributed by atoms with van der Waals surface area (Å²) in [5.41, 5.74) is -0.227. The van der Waals surface area contributed by atoms with Crippen LogP contribution >= 0.6 is 0 Å². The second-order valence-electron chi connectivity index (χ2n) is 6.88. The van der Waals surface area contributed by atoms with E-state index in [2.05, 4.69) is 26.5 Å². The van der Waals surface area contributed by atoms with Crippen molar-refractivity contribution >= 4 is 5.97 Å². The minimum absolute atomic E-state index is 0. The maximum atomic E-state index is 11.7. The first-order valence-electron chi connectivity index (χ1n) is 7.32. The van der Waals surface area contributed by atoms with Gasteiger partial charge in [-0.1, -0.05) is 13.8 Å². The summed E-state index contributed by atoms with van der Waals surface area (Å²) >= 11 is 0. The summed E-state index contributed by atoms with van der Waals surface area (Å²) in [6.07, 6.45) is 8.85. The molecule has 0 unspecified atom stereocenters. The summed E-state index contributed by atoms with van der Waals surface area (Å²) in [4.78, 5) is 11.7. The number of carbonyl (C=O) groups excluding carboxylic acids is 1. The third-order valence-electron chi connectivity index (χ3n) is 5.73. The average molecular weight is 336 g/mol. The predicted octanol–water partition coefficient (Wildman–Crippen LogP) is 3.37. The summed E-state index contributed by atoms with van der Waals surface area (Å²) in [6, 6.07) is 0. The van der Waals surface area contributed by atoms with Gasteiger partial charge in [0, 0.05) is 32.7 Å². The van der Waals surface area contributed by atoms with Gasteiger partial charge in [0.1, 0.15) is 11.6 Å². The fraction of sp³-hybridized carbons (Fsp3) is 0.812. The SMILES string of the molecule is C=[C-]C(=O)OC1(C(C)C)C2CC3CC(C2)CC1C3.[Y]. The maximum absolute atomic E-state index is 11.7. The molecular formula is C16H23O2Y-. The Morgan fingerprint density at radius 2 is 1.63 bits per heavy atom. The van der Waals surface area contributed by atoms with E-state index in [0.717, 1.165) is 11.8 Å². The molecule has 3 heteroatoms. The number of hydrogen-bond acceptors (Lipinski definition) is 2. The zero-order valence-electron chi connectivity index (χ0n) is 12.0. The zero-order chi connectivity index (χ0) is 12.9. The molecule has 0 N–H and O–H groups in total. The van der Waals surface area contributed by atoms with E-state index in [1.54, 1.807) is 0 Å². The van der Waals surface area contributed by atoms with Crippen molar-refractivity contribution in [2.45, 2.75) is 51.6 Å². The third-order valence-corrected chi connectivity index (χ3v) is 5.73. The number of hydrogen-bond donors (Lipinski definition) is 0. The van der Waals surface area contributed by atoms with Crippen LogP contribution in [0.5, 0.6) is 0 Å². The first-order chi connectivity index (χ1) is 8.56. The molecule has 4 aliphatic carbocycles. The Labute approximate surface area is 141 Å². The van der Waals surface area contributed by atoms with Crippen LogP contribution in [0.15, 0.2) is 6.58 Å². The van der Waals surface area contributed by atoms with Crippen molar-refractivity contribution in [1.29, 1.82) is 0 Å². The van der Waals surface area contributed by atoms with Gasteiger partial charge in [0.2, 0.25) is 0 Å². The molecular weight excluding hydrogens is 313 g/mol. The Morgan fingerprint density at radius 3 is 2.00 bits per heavy atom. The quantitative estimate of drug-likeness (QED) is 0.449. The molecule has 2 nitrogen and oxygen atoms in total. The average Bonchev–Trinajstić information content (AvgIpc) is 2.32. The fourth-order valence-electron chi connectivity index (χ4n) is 5.34. The molecule has 0 aromatic heterocycles. The van der Waals surface area contributed by atoms with Crippen LogP contribution in [-0.4, -0.2) is 11.6 Å². The summed E-state index contributed by atoms with van der Waals surface area (Å²) in [7, 11) is 0. The molecule has 4 rings (SSSR count). The summed E-state index contributed by atoms with van der Waals surface area (Å²) in [6.45, 7) is 7.85. The molecule has 1 radical (unpaired) electrons. The number of esters is 1. The first kappa shape index (κ1) is 15.7. The second-order valence-corrected chi connectivity index (χ2v) is 6.88. The maximum Gasteiger partial charge on any atom is 0.147 e. The second kappa shape index (κ2) is 5.60. The van der Waals surface area contributed by atoms with Crippen molar-refractivity contribution in [2.75, 3.05) is 0 Å². The summed E-state index contributed by atoms with van der Waals surface area (Å²) in [5, 5.41) is 0. The Balaban J connectivity index is 0.00000133. The summed E-state index contributed by atoms with van der Waals surface area (Å²) < 4.78 is 5.91. The van der Waals surface area contributed by atoms with Crippen LogP contribution in [0.4, 0.5) is 0 Å². The molecule has 0 aliphatic heterocycles. The molecule has 0 atom stereocenters. The fourth-order valence-corrected chi connectivity index (χ4v) is 5.34. The van der Waals surface area contributed by atoms with Crippen LogP contribution in [-0.2, 0) is 42.2 Å². The number of carbonyl (C=O) groups is 1. The van der Waals surface area contributed by atoms with Gasteiger partial charge >= 0.3 is 0 Å². The van der Waals surface area contributed by atoms with E-state index in [4.69, 9.17) is 4.74 Å². The zero-order valence-corrected chi connectivity index (χ0v) is 14.9. The molecule has 0 spiro atoms. The Bertz CT molecular complexity index is 347. The van der Waals surface area contributed by atoms with Crippen LogP contribution in [0.3, 0.4) is 0 Å². The van der Waals surface area contributed by atoms with Crippen molar-refractivity contribution in [2.24, 2.45) is 29.6 Å². The molecule has 0 aromatic carbocycles. The molecule has 19 heavy (non-hydrogen) atoms. The van der Waals surface area contributed by atoms with Crippen LogP contribution in [0.25, 0.3) is 0 Å². The molecule has 0 heterocycles. The Hall–Kier alpha value is 0.314. The van der Waals surface area contributed by atoms with Gasteiger partial charge in [-0.2, -0.15) is 0 Å². The van der Waals surface area contributed by atoms with E-state index in [0.29, 0.717) is 17.8 Å². The standard InChI is InChI=1S/C16H23O2.Y/c1-4-15(17)18-16(10(2)3)13-6-11-5-12(8-13)9-14(16)7-11;/h10-14H,1,5-9H2,2-3H3;/q-1;. The number of rotatable bonds is 3. The summed E-state index contributed by atoms with van der Waals surface area (Å²) in [5.74, 6) is 2.98. The smallest absolute Gasteiger partial charge is 0.147 e. The van der Waals surface area contributed by atoms with Gasteiger partial charge < -0.3 is 10.8 Å². The van der Waals surface area contributed by atoms with Crippen molar-refractivity contribution in [1.82, 2.24) is 0 Å². The van der Waals surface area contributed by atoms with Crippen LogP contribution in [0, 0.1) is 35.7 Å². The minimum Gasteiger partial charge on any atom is -0.483 e.